The van der Waals surface area contributed by atoms with Gasteiger partial charge in [0.2, 0.25) is 10.0 Å². The number of nitriles is 1. The average molecular weight is 291 g/mol. The second-order valence-electron chi connectivity index (χ2n) is 4.04. The number of nitrogens with zero attached hydrogens (tertiary/aromatic N) is 4. The van der Waals surface area contributed by atoms with Crippen LogP contribution in [0, 0.1) is 11.3 Å². The van der Waals surface area contributed by atoms with E-state index in [4.69, 9.17) is 5.26 Å². The molecule has 2 aromatic heterocycles. The molecule has 0 atom stereocenters. The Morgan fingerprint density at radius 3 is 2.85 bits per heavy atom. The SMILES string of the molecule is N#CCCN(Cc1cccnc1)S(=O)(=O)c1cn[nH]c1. The summed E-state index contributed by atoms with van der Waals surface area (Å²) in [6.07, 6.45) is 5.91. The number of hydrogen-bond donors (Lipinski definition) is 1. The third-order valence-electron chi connectivity index (χ3n) is 2.67. The van der Waals surface area contributed by atoms with Crippen LogP contribution in [0.4, 0.5) is 0 Å². The number of nitrogens with one attached hydrogen (secondary N) is 1. The molecular formula is C12H13N5O2S. The third kappa shape index (κ3) is 3.20. The van der Waals surface area contributed by atoms with Gasteiger partial charge in [-0.25, -0.2) is 8.42 Å². The normalized spacial score (nSPS) is 11.4. The van der Waals surface area contributed by atoms with Gasteiger partial charge in [0.1, 0.15) is 4.90 Å². The van der Waals surface area contributed by atoms with E-state index in [0.29, 0.717) is 0 Å². The summed E-state index contributed by atoms with van der Waals surface area (Å²) in [5.41, 5.74) is 0.762. The molecule has 2 heterocycles. The molecular weight excluding hydrogens is 278 g/mol. The highest BCUT2D eigenvalue weighted by Gasteiger charge is 2.25. The van der Waals surface area contributed by atoms with Gasteiger partial charge >= 0.3 is 0 Å². The zero-order valence-corrected chi connectivity index (χ0v) is 11.4. The van der Waals surface area contributed by atoms with Crippen molar-refractivity contribution in [2.75, 3.05) is 6.54 Å². The Bertz CT molecular complexity index is 676. The topological polar surface area (TPSA) is 103 Å². The van der Waals surface area contributed by atoms with Crippen LogP contribution in [0.25, 0.3) is 0 Å². The molecule has 1 N–H and O–H groups in total. The zero-order chi connectivity index (χ0) is 14.4. The van der Waals surface area contributed by atoms with Gasteiger partial charge in [-0.3, -0.25) is 10.1 Å². The number of rotatable bonds is 6. The summed E-state index contributed by atoms with van der Waals surface area (Å²) in [5, 5.41) is 14.8. The van der Waals surface area contributed by atoms with Gasteiger partial charge in [-0.15, -0.1) is 0 Å². The van der Waals surface area contributed by atoms with E-state index in [1.54, 1.807) is 24.5 Å². The summed E-state index contributed by atoms with van der Waals surface area (Å²) in [7, 11) is -3.67. The maximum atomic E-state index is 12.4. The predicted octanol–water partition coefficient (Wildman–Crippen LogP) is 0.909. The number of H-pyrrole nitrogens is 1. The summed E-state index contributed by atoms with van der Waals surface area (Å²) in [6, 6.07) is 5.48. The van der Waals surface area contributed by atoms with Gasteiger partial charge in [0.15, 0.2) is 0 Å². The molecule has 0 aliphatic rings. The van der Waals surface area contributed by atoms with E-state index in [-0.39, 0.29) is 24.4 Å². The number of sulfonamides is 1. The molecule has 0 aromatic carbocycles. The van der Waals surface area contributed by atoms with E-state index in [2.05, 4.69) is 15.2 Å². The summed E-state index contributed by atoms with van der Waals surface area (Å²) in [5.74, 6) is 0. The number of hydrogen-bond acceptors (Lipinski definition) is 5. The van der Waals surface area contributed by atoms with Crippen LogP contribution < -0.4 is 0 Å². The van der Waals surface area contributed by atoms with Gasteiger partial charge in [-0.05, 0) is 11.6 Å². The van der Waals surface area contributed by atoms with Gasteiger partial charge in [0, 0.05) is 38.1 Å². The Morgan fingerprint density at radius 2 is 2.25 bits per heavy atom. The Morgan fingerprint density at radius 1 is 1.40 bits per heavy atom. The van der Waals surface area contributed by atoms with Crippen molar-refractivity contribution in [1.82, 2.24) is 19.5 Å². The highest BCUT2D eigenvalue weighted by molar-refractivity contribution is 7.89. The van der Waals surface area contributed by atoms with Crippen molar-refractivity contribution >= 4 is 10.0 Å². The fourth-order valence-electron chi connectivity index (χ4n) is 1.68. The second kappa shape index (κ2) is 6.27. The maximum absolute atomic E-state index is 12.4. The smallest absolute Gasteiger partial charge is 0.246 e. The molecule has 0 amide bonds. The van der Waals surface area contributed by atoms with Crippen LogP contribution in [0.1, 0.15) is 12.0 Å². The highest BCUT2D eigenvalue weighted by atomic mass is 32.2. The van der Waals surface area contributed by atoms with Crippen LogP contribution in [0.2, 0.25) is 0 Å². The van der Waals surface area contributed by atoms with Crippen molar-refractivity contribution in [1.29, 1.82) is 5.26 Å². The largest absolute Gasteiger partial charge is 0.284 e. The summed E-state index contributed by atoms with van der Waals surface area (Å²) >= 11 is 0. The molecule has 20 heavy (non-hydrogen) atoms. The molecule has 8 heteroatoms. The Kier molecular flexibility index (Phi) is 4.45. The van der Waals surface area contributed by atoms with Gasteiger partial charge in [-0.2, -0.15) is 14.7 Å². The summed E-state index contributed by atoms with van der Waals surface area (Å²) in [6.45, 7) is 0.294. The van der Waals surface area contributed by atoms with Gasteiger partial charge in [0.05, 0.1) is 12.3 Å². The molecule has 2 rings (SSSR count). The first kappa shape index (κ1) is 14.2. The van der Waals surface area contributed by atoms with Crippen molar-refractivity contribution < 1.29 is 8.42 Å². The number of aromatic amines is 1. The average Bonchev–Trinajstić information content (AvgIpc) is 2.99. The van der Waals surface area contributed by atoms with Crippen molar-refractivity contribution in [3.63, 3.8) is 0 Å². The van der Waals surface area contributed by atoms with Crippen molar-refractivity contribution in [3.8, 4) is 6.07 Å². The first-order valence-electron chi connectivity index (χ1n) is 5.89. The van der Waals surface area contributed by atoms with Crippen LogP contribution in [-0.2, 0) is 16.6 Å². The van der Waals surface area contributed by atoms with E-state index < -0.39 is 10.0 Å². The lowest BCUT2D eigenvalue weighted by Gasteiger charge is -2.20. The first-order valence-corrected chi connectivity index (χ1v) is 7.33. The molecule has 0 fully saturated rings. The van der Waals surface area contributed by atoms with Crippen LogP contribution in [0.15, 0.2) is 41.8 Å². The molecule has 0 aliphatic carbocycles. The van der Waals surface area contributed by atoms with Crippen molar-refractivity contribution in [2.24, 2.45) is 0 Å². The zero-order valence-electron chi connectivity index (χ0n) is 10.6. The quantitative estimate of drug-likeness (QED) is 0.852. The van der Waals surface area contributed by atoms with E-state index in [0.717, 1.165) is 5.56 Å². The minimum Gasteiger partial charge on any atom is -0.284 e. The molecule has 0 spiro atoms. The second-order valence-corrected chi connectivity index (χ2v) is 5.98. The summed E-state index contributed by atoms with van der Waals surface area (Å²) in [4.78, 5) is 4.04. The molecule has 0 bridgehead atoms. The maximum Gasteiger partial charge on any atom is 0.246 e. The molecule has 0 unspecified atom stereocenters. The Labute approximate surface area is 116 Å². The standard InChI is InChI=1S/C12H13N5O2S/c13-4-2-6-17(10-11-3-1-5-14-7-11)20(18,19)12-8-15-16-9-12/h1,3,5,7-9H,2,6,10H2,(H,15,16). The lowest BCUT2D eigenvalue weighted by atomic mass is 10.3. The first-order chi connectivity index (χ1) is 9.64. The monoisotopic (exact) mass is 291 g/mol. The van der Waals surface area contributed by atoms with Crippen molar-refractivity contribution in [3.05, 3.63) is 42.5 Å². The number of aromatic nitrogens is 3. The fourth-order valence-corrected chi connectivity index (χ4v) is 3.02. The predicted molar refractivity (Wildman–Crippen MR) is 70.7 cm³/mol. The summed E-state index contributed by atoms with van der Waals surface area (Å²) < 4.78 is 26.1. The third-order valence-corrected chi connectivity index (χ3v) is 4.48. The molecule has 0 saturated heterocycles. The van der Waals surface area contributed by atoms with Gasteiger partial charge in [0.25, 0.3) is 0 Å². The van der Waals surface area contributed by atoms with E-state index in [9.17, 15) is 8.42 Å². The van der Waals surface area contributed by atoms with E-state index in [1.807, 2.05) is 6.07 Å². The van der Waals surface area contributed by atoms with E-state index >= 15 is 0 Å². The molecule has 2 aromatic rings. The van der Waals surface area contributed by atoms with Crippen LogP contribution >= 0.6 is 0 Å². The molecule has 0 saturated carbocycles. The van der Waals surface area contributed by atoms with Crippen LogP contribution in [-0.4, -0.2) is 34.4 Å². The minimum atomic E-state index is -3.67. The van der Waals surface area contributed by atoms with Crippen LogP contribution in [0.5, 0.6) is 0 Å². The molecule has 0 aliphatic heterocycles. The van der Waals surface area contributed by atoms with Crippen molar-refractivity contribution in [2.45, 2.75) is 17.9 Å². The van der Waals surface area contributed by atoms with Gasteiger partial charge in [-0.1, -0.05) is 6.07 Å². The Hall–Kier alpha value is -2.24. The molecule has 7 nitrogen and oxygen atoms in total. The fraction of sp³-hybridized carbons (Fsp3) is 0.250. The van der Waals surface area contributed by atoms with E-state index in [1.165, 1.54) is 16.7 Å². The molecule has 0 radical (unpaired) electrons. The number of pyridine rings is 1. The minimum absolute atomic E-state index is 0.0827. The molecule has 104 valence electrons. The lowest BCUT2D eigenvalue weighted by Crippen LogP contribution is -2.31. The Balaban J connectivity index is 2.26. The van der Waals surface area contributed by atoms with Crippen LogP contribution in [0.3, 0.4) is 0 Å². The highest BCUT2D eigenvalue weighted by Crippen LogP contribution is 2.17. The van der Waals surface area contributed by atoms with Gasteiger partial charge < -0.3 is 0 Å². The lowest BCUT2D eigenvalue weighted by molar-refractivity contribution is 0.413.